The van der Waals surface area contributed by atoms with Crippen LogP contribution in [0, 0.1) is 0 Å². The van der Waals surface area contributed by atoms with Crippen LogP contribution in [0.15, 0.2) is 23.3 Å². The Morgan fingerprint density at radius 1 is 1.47 bits per heavy atom. The Bertz CT molecular complexity index is 326. The fraction of sp³-hybridized carbons (Fsp3) is 0.556. The van der Waals surface area contributed by atoms with Gasteiger partial charge in [-0.3, -0.25) is 0 Å². The van der Waals surface area contributed by atoms with Crippen LogP contribution in [0.3, 0.4) is 0 Å². The Labute approximate surface area is 82.9 Å². The second-order valence-corrected chi connectivity index (χ2v) is 3.51. The zero-order valence-corrected chi connectivity index (χ0v) is 7.83. The van der Waals surface area contributed by atoms with Crippen molar-refractivity contribution in [3.8, 4) is 0 Å². The molecule has 1 aliphatic carbocycles. The van der Waals surface area contributed by atoms with E-state index in [1.54, 1.807) is 0 Å². The van der Waals surface area contributed by atoms with Crippen molar-refractivity contribution in [3.05, 3.63) is 23.3 Å². The van der Waals surface area contributed by atoms with Crippen molar-refractivity contribution in [1.82, 2.24) is 0 Å². The highest BCUT2D eigenvalue weighted by Crippen LogP contribution is 2.45. The number of halogens is 5. The van der Waals surface area contributed by atoms with Crippen LogP contribution in [0.4, 0.5) is 22.0 Å². The van der Waals surface area contributed by atoms with E-state index in [2.05, 4.69) is 6.58 Å². The Hall–Kier alpha value is -0.910. The van der Waals surface area contributed by atoms with E-state index in [-0.39, 0.29) is 5.57 Å². The zero-order chi connectivity index (χ0) is 12.0. The van der Waals surface area contributed by atoms with E-state index in [0.29, 0.717) is 0 Å². The quantitative estimate of drug-likeness (QED) is 0.684. The lowest BCUT2D eigenvalue weighted by atomic mass is 10.0. The molecule has 0 radical (unpaired) electrons. The summed E-state index contributed by atoms with van der Waals surface area (Å²) >= 11 is 0. The van der Waals surface area contributed by atoms with Gasteiger partial charge in [-0.1, -0.05) is 12.2 Å². The minimum atomic E-state index is -4.79. The summed E-state index contributed by atoms with van der Waals surface area (Å²) in [5.74, 6) is -3.53. The van der Waals surface area contributed by atoms with E-state index in [1.165, 1.54) is 0 Å². The maximum absolute atomic E-state index is 12.9. The topological polar surface area (TPSA) is 20.2 Å². The van der Waals surface area contributed by atoms with E-state index in [4.69, 9.17) is 5.11 Å². The van der Waals surface area contributed by atoms with E-state index in [9.17, 15) is 22.0 Å². The smallest absolute Gasteiger partial charge is 0.382 e. The second kappa shape index (κ2) is 3.30. The number of rotatable bonds is 1. The predicted molar refractivity (Wildman–Crippen MR) is 43.5 cm³/mol. The molecular weight excluding hydrogens is 219 g/mol. The molecule has 0 unspecified atom stereocenters. The van der Waals surface area contributed by atoms with E-state index in [0.717, 1.165) is 6.92 Å². The minimum Gasteiger partial charge on any atom is -0.382 e. The van der Waals surface area contributed by atoms with Crippen LogP contribution in [0.2, 0.25) is 0 Å². The van der Waals surface area contributed by atoms with Gasteiger partial charge in [-0.2, -0.15) is 13.2 Å². The van der Waals surface area contributed by atoms with Crippen LogP contribution in [-0.4, -0.2) is 23.3 Å². The number of hydrogen-bond acceptors (Lipinski definition) is 1. The monoisotopic (exact) mass is 228 g/mol. The summed E-state index contributed by atoms with van der Waals surface area (Å²) in [6.45, 7) is 3.83. The van der Waals surface area contributed by atoms with Crippen molar-refractivity contribution in [1.29, 1.82) is 0 Å². The molecule has 0 saturated heterocycles. The van der Waals surface area contributed by atoms with Crippen molar-refractivity contribution in [2.24, 2.45) is 0 Å². The van der Waals surface area contributed by atoms with Crippen molar-refractivity contribution in [2.75, 3.05) is 0 Å². The molecule has 1 rings (SSSR count). The first-order chi connectivity index (χ1) is 6.57. The van der Waals surface area contributed by atoms with Crippen molar-refractivity contribution in [3.63, 3.8) is 0 Å². The summed E-state index contributed by atoms with van der Waals surface area (Å²) in [7, 11) is 0. The Morgan fingerprint density at radius 3 is 2.20 bits per heavy atom. The van der Waals surface area contributed by atoms with Gasteiger partial charge in [0.15, 0.2) is 0 Å². The molecule has 86 valence electrons. The molecule has 1 N–H and O–H groups in total. The average molecular weight is 228 g/mol. The van der Waals surface area contributed by atoms with Crippen LogP contribution in [0.5, 0.6) is 0 Å². The van der Waals surface area contributed by atoms with Gasteiger partial charge in [-0.15, -0.1) is 0 Å². The molecule has 0 bridgehead atoms. The van der Waals surface area contributed by atoms with Gasteiger partial charge in [0.1, 0.15) is 6.10 Å². The molecule has 15 heavy (non-hydrogen) atoms. The molecule has 0 saturated carbocycles. The normalized spacial score (nSPS) is 25.9. The molecule has 0 aliphatic heterocycles. The molecule has 0 fully saturated rings. The van der Waals surface area contributed by atoms with Crippen molar-refractivity contribution < 1.29 is 27.1 Å². The number of aliphatic hydroxyl groups excluding tert-OH is 1. The first-order valence-corrected chi connectivity index (χ1v) is 4.09. The van der Waals surface area contributed by atoms with E-state index >= 15 is 0 Å². The molecule has 0 aromatic rings. The standard InChI is InChI=1S/C9H9F5O/c1-4-3-8(10,11)7(15)6(4)5(2)9(12,13)14/h7,15H,2-3H2,1H3/t7-/m0/s1. The number of aliphatic hydroxyl groups is 1. The van der Waals surface area contributed by atoms with Gasteiger partial charge in [-0.05, 0) is 12.5 Å². The predicted octanol–water partition coefficient (Wildman–Crippen LogP) is 2.82. The minimum absolute atomic E-state index is 0.171. The van der Waals surface area contributed by atoms with Crippen LogP contribution < -0.4 is 0 Å². The Morgan fingerprint density at radius 2 is 1.93 bits per heavy atom. The maximum Gasteiger partial charge on any atom is 0.416 e. The molecule has 0 aromatic heterocycles. The molecule has 0 amide bonds. The highest BCUT2D eigenvalue weighted by atomic mass is 19.4. The molecule has 1 nitrogen and oxygen atoms in total. The third-order valence-electron chi connectivity index (χ3n) is 2.30. The number of alkyl halides is 5. The van der Waals surface area contributed by atoms with Gasteiger partial charge < -0.3 is 5.11 Å². The van der Waals surface area contributed by atoms with Crippen LogP contribution >= 0.6 is 0 Å². The molecular formula is C9H9F5O. The Kier molecular flexibility index (Phi) is 2.67. The fourth-order valence-electron chi connectivity index (χ4n) is 1.57. The third kappa shape index (κ3) is 2.04. The van der Waals surface area contributed by atoms with Gasteiger partial charge in [0, 0.05) is 6.42 Å². The largest absolute Gasteiger partial charge is 0.416 e. The average Bonchev–Trinajstić information content (AvgIpc) is 2.19. The highest BCUT2D eigenvalue weighted by Gasteiger charge is 2.51. The van der Waals surface area contributed by atoms with Crippen molar-refractivity contribution in [2.45, 2.75) is 31.5 Å². The molecule has 0 aromatic carbocycles. The molecule has 6 heteroatoms. The van der Waals surface area contributed by atoms with Gasteiger partial charge in [0.2, 0.25) is 0 Å². The van der Waals surface area contributed by atoms with Gasteiger partial charge in [-0.25, -0.2) is 8.78 Å². The molecule has 1 atom stereocenters. The first-order valence-electron chi connectivity index (χ1n) is 4.09. The van der Waals surface area contributed by atoms with Gasteiger partial charge in [0.05, 0.1) is 5.57 Å². The van der Waals surface area contributed by atoms with Crippen LogP contribution in [0.25, 0.3) is 0 Å². The van der Waals surface area contributed by atoms with Crippen LogP contribution in [0.1, 0.15) is 13.3 Å². The molecule has 0 spiro atoms. The lowest BCUT2D eigenvalue weighted by Crippen LogP contribution is -2.31. The summed E-state index contributed by atoms with van der Waals surface area (Å²) in [4.78, 5) is 0. The van der Waals surface area contributed by atoms with E-state index in [1.807, 2.05) is 0 Å². The lowest BCUT2D eigenvalue weighted by Gasteiger charge is -2.19. The maximum atomic E-state index is 12.9. The van der Waals surface area contributed by atoms with Gasteiger partial charge in [0.25, 0.3) is 5.92 Å². The number of allylic oxidation sites excluding steroid dienone is 1. The summed E-state index contributed by atoms with van der Waals surface area (Å²) in [6, 6.07) is 0. The summed E-state index contributed by atoms with van der Waals surface area (Å²) in [6.07, 6.45) is -8.07. The second-order valence-electron chi connectivity index (χ2n) is 3.51. The summed E-state index contributed by atoms with van der Waals surface area (Å²) < 4.78 is 62.4. The van der Waals surface area contributed by atoms with Gasteiger partial charge >= 0.3 is 6.18 Å². The van der Waals surface area contributed by atoms with E-state index < -0.39 is 35.8 Å². The molecule has 1 aliphatic rings. The zero-order valence-electron chi connectivity index (χ0n) is 7.83. The van der Waals surface area contributed by atoms with Crippen LogP contribution in [-0.2, 0) is 0 Å². The third-order valence-corrected chi connectivity index (χ3v) is 2.30. The first kappa shape index (κ1) is 12.2. The Balaban J connectivity index is 3.07. The van der Waals surface area contributed by atoms with Crippen molar-refractivity contribution >= 4 is 0 Å². The SMILES string of the molecule is C=C(C1=C(C)CC(F)(F)[C@H]1O)C(F)(F)F. The summed E-state index contributed by atoms with van der Waals surface area (Å²) in [5.41, 5.74) is -2.35. The lowest BCUT2D eigenvalue weighted by molar-refractivity contribution is -0.0998. The fourth-order valence-corrected chi connectivity index (χ4v) is 1.57. The molecule has 0 heterocycles. The highest BCUT2D eigenvalue weighted by molar-refractivity contribution is 5.44. The number of hydrogen-bond donors (Lipinski definition) is 1. The summed E-state index contributed by atoms with van der Waals surface area (Å²) in [5, 5.41) is 9.05.